The third kappa shape index (κ3) is 5.71. The zero-order valence-electron chi connectivity index (χ0n) is 14.1. The average molecular weight is 258 g/mol. The minimum atomic E-state index is 0.0909. The molecule has 2 atom stereocenters. The van der Waals surface area contributed by atoms with Gasteiger partial charge in [0.05, 0.1) is 0 Å². The summed E-state index contributed by atoms with van der Waals surface area (Å²) < 4.78 is 0. The van der Waals surface area contributed by atoms with Gasteiger partial charge in [0.2, 0.25) is 0 Å². The zero-order valence-corrected chi connectivity index (χ0v) is 14.1. The van der Waals surface area contributed by atoms with Gasteiger partial charge in [0.1, 0.15) is 12.2 Å². The Morgan fingerprint density at radius 1 is 0.556 bits per heavy atom. The van der Waals surface area contributed by atoms with Crippen LogP contribution in [0, 0.1) is 22.7 Å². The third-order valence-electron chi connectivity index (χ3n) is 3.18. The molecule has 2 heteroatoms. The molecule has 0 fully saturated rings. The maximum absolute atomic E-state index is 5.82. The Morgan fingerprint density at radius 2 is 0.778 bits per heavy atom. The van der Waals surface area contributed by atoms with E-state index in [4.69, 9.17) is 9.78 Å². The van der Waals surface area contributed by atoms with E-state index < -0.39 is 0 Å². The van der Waals surface area contributed by atoms with Gasteiger partial charge < -0.3 is 0 Å². The van der Waals surface area contributed by atoms with Gasteiger partial charge in [-0.05, 0) is 22.7 Å². The lowest BCUT2D eigenvalue weighted by molar-refractivity contribution is -0.391. The van der Waals surface area contributed by atoms with Gasteiger partial charge in [0.15, 0.2) is 0 Å². The molecule has 2 nitrogen and oxygen atoms in total. The Morgan fingerprint density at radius 3 is 0.889 bits per heavy atom. The van der Waals surface area contributed by atoms with Crippen molar-refractivity contribution < 1.29 is 9.78 Å². The lowest BCUT2D eigenvalue weighted by Crippen LogP contribution is -2.40. The molecule has 18 heavy (non-hydrogen) atoms. The van der Waals surface area contributed by atoms with Crippen LogP contribution in [0.2, 0.25) is 0 Å². The second-order valence-electron chi connectivity index (χ2n) is 8.25. The molecule has 0 spiro atoms. The van der Waals surface area contributed by atoms with Crippen LogP contribution < -0.4 is 0 Å². The lowest BCUT2D eigenvalue weighted by atomic mass is 9.82. The second kappa shape index (κ2) is 6.38. The highest BCUT2D eigenvalue weighted by molar-refractivity contribution is 4.78. The molecule has 0 aromatic rings. The topological polar surface area (TPSA) is 18.5 Å². The van der Waals surface area contributed by atoms with Crippen LogP contribution in [0.4, 0.5) is 0 Å². The molecule has 0 aliphatic rings. The molecule has 0 heterocycles. The molecule has 0 saturated heterocycles. The highest BCUT2D eigenvalue weighted by Gasteiger charge is 2.34. The van der Waals surface area contributed by atoms with E-state index in [0.29, 0.717) is 11.8 Å². The maximum Gasteiger partial charge on any atom is 0.100 e. The van der Waals surface area contributed by atoms with Crippen molar-refractivity contribution in [1.29, 1.82) is 0 Å². The Kier molecular flexibility index (Phi) is 6.35. The van der Waals surface area contributed by atoms with Crippen LogP contribution in [-0.2, 0) is 9.78 Å². The Hall–Kier alpha value is -0.0800. The normalized spacial score (nSPS) is 17.3. The molecule has 0 aliphatic heterocycles. The van der Waals surface area contributed by atoms with E-state index >= 15 is 0 Å². The lowest BCUT2D eigenvalue weighted by Gasteiger charge is -2.37. The van der Waals surface area contributed by atoms with Crippen LogP contribution in [0.15, 0.2) is 0 Å². The van der Waals surface area contributed by atoms with Gasteiger partial charge >= 0.3 is 0 Å². The van der Waals surface area contributed by atoms with E-state index in [1.54, 1.807) is 0 Å². The van der Waals surface area contributed by atoms with Gasteiger partial charge in [-0.25, -0.2) is 9.78 Å². The van der Waals surface area contributed by atoms with Crippen LogP contribution in [0.5, 0.6) is 0 Å². The molecule has 0 aromatic heterocycles. The molecule has 0 saturated carbocycles. The van der Waals surface area contributed by atoms with Crippen molar-refractivity contribution in [2.75, 3.05) is 0 Å². The molecule has 0 aliphatic carbocycles. The predicted octanol–water partition coefficient (Wildman–Crippen LogP) is 5.08. The summed E-state index contributed by atoms with van der Waals surface area (Å²) in [4.78, 5) is 11.6. The maximum atomic E-state index is 5.82. The van der Waals surface area contributed by atoms with E-state index in [-0.39, 0.29) is 23.0 Å². The van der Waals surface area contributed by atoms with Gasteiger partial charge in [0.25, 0.3) is 0 Å². The Labute approximate surface area is 114 Å². The molecule has 2 unspecified atom stereocenters. The summed E-state index contributed by atoms with van der Waals surface area (Å²) in [6.07, 6.45) is 0.224. The van der Waals surface area contributed by atoms with E-state index in [2.05, 4.69) is 69.2 Å². The molecule has 0 bridgehead atoms. The van der Waals surface area contributed by atoms with Crippen molar-refractivity contribution >= 4 is 0 Å². The summed E-state index contributed by atoms with van der Waals surface area (Å²) in [5.74, 6) is 0.885. The first kappa shape index (κ1) is 17.9. The summed E-state index contributed by atoms with van der Waals surface area (Å²) >= 11 is 0. The highest BCUT2D eigenvalue weighted by atomic mass is 17.2. The molecule has 0 N–H and O–H groups in total. The molecular formula is C16H34O2. The standard InChI is InChI=1S/C16H34O2/c1-11(2)13(15(5,6)7)17-18-14(12(3)4)16(8,9)10/h11-14H,1-10H3. The summed E-state index contributed by atoms with van der Waals surface area (Å²) in [5.41, 5.74) is 0.182. The number of hydrogen-bond acceptors (Lipinski definition) is 2. The fourth-order valence-corrected chi connectivity index (χ4v) is 2.63. The average Bonchev–Trinajstić information content (AvgIpc) is 2.05. The largest absolute Gasteiger partial charge is 0.232 e. The third-order valence-corrected chi connectivity index (χ3v) is 3.18. The molecule has 0 aromatic carbocycles. The van der Waals surface area contributed by atoms with Crippen molar-refractivity contribution in [2.24, 2.45) is 22.7 Å². The summed E-state index contributed by atoms with van der Waals surface area (Å²) in [5, 5.41) is 0. The summed E-state index contributed by atoms with van der Waals surface area (Å²) in [6, 6.07) is 0. The quantitative estimate of drug-likeness (QED) is 0.506. The van der Waals surface area contributed by atoms with Gasteiger partial charge in [-0.15, -0.1) is 0 Å². The van der Waals surface area contributed by atoms with Gasteiger partial charge in [-0.3, -0.25) is 0 Å². The van der Waals surface area contributed by atoms with Crippen molar-refractivity contribution in [3.63, 3.8) is 0 Å². The number of hydrogen-bond donors (Lipinski definition) is 0. The highest BCUT2D eigenvalue weighted by Crippen LogP contribution is 2.33. The molecular weight excluding hydrogens is 224 g/mol. The first-order valence-electron chi connectivity index (χ1n) is 7.19. The minimum absolute atomic E-state index is 0.0909. The second-order valence-corrected chi connectivity index (χ2v) is 8.25. The van der Waals surface area contributed by atoms with Crippen molar-refractivity contribution in [2.45, 2.75) is 81.4 Å². The molecule has 0 radical (unpaired) electrons. The molecule has 0 amide bonds. The van der Waals surface area contributed by atoms with Gasteiger partial charge in [-0.1, -0.05) is 69.2 Å². The predicted molar refractivity (Wildman–Crippen MR) is 78.3 cm³/mol. The van der Waals surface area contributed by atoms with Crippen molar-refractivity contribution in [3.05, 3.63) is 0 Å². The fraction of sp³-hybridized carbons (Fsp3) is 1.00. The van der Waals surface area contributed by atoms with Crippen LogP contribution in [0.3, 0.4) is 0 Å². The zero-order chi connectivity index (χ0) is 14.7. The molecule has 0 rings (SSSR count). The van der Waals surface area contributed by atoms with Crippen LogP contribution in [0.25, 0.3) is 0 Å². The van der Waals surface area contributed by atoms with E-state index in [0.717, 1.165) is 0 Å². The van der Waals surface area contributed by atoms with Crippen LogP contribution >= 0.6 is 0 Å². The monoisotopic (exact) mass is 258 g/mol. The van der Waals surface area contributed by atoms with E-state index in [9.17, 15) is 0 Å². The van der Waals surface area contributed by atoms with E-state index in [1.165, 1.54) is 0 Å². The first-order valence-corrected chi connectivity index (χ1v) is 7.19. The van der Waals surface area contributed by atoms with Gasteiger partial charge in [0, 0.05) is 0 Å². The summed E-state index contributed by atoms with van der Waals surface area (Å²) in [6.45, 7) is 21.9. The van der Waals surface area contributed by atoms with E-state index in [1.807, 2.05) is 0 Å². The number of rotatable bonds is 5. The molecule has 110 valence electrons. The van der Waals surface area contributed by atoms with Crippen LogP contribution in [0.1, 0.15) is 69.2 Å². The minimum Gasteiger partial charge on any atom is -0.232 e. The van der Waals surface area contributed by atoms with Crippen molar-refractivity contribution in [1.82, 2.24) is 0 Å². The SMILES string of the molecule is CC(C)C(OOC(C(C)C)C(C)(C)C)C(C)(C)C. The Balaban J connectivity index is 4.69. The smallest absolute Gasteiger partial charge is 0.100 e. The first-order chi connectivity index (χ1) is 7.87. The Bertz CT molecular complexity index is 204. The summed E-state index contributed by atoms with van der Waals surface area (Å²) in [7, 11) is 0. The van der Waals surface area contributed by atoms with Gasteiger partial charge in [-0.2, -0.15) is 0 Å². The van der Waals surface area contributed by atoms with Crippen LogP contribution in [-0.4, -0.2) is 12.2 Å². The fourth-order valence-electron chi connectivity index (χ4n) is 2.63. The van der Waals surface area contributed by atoms with Crippen molar-refractivity contribution in [3.8, 4) is 0 Å².